The molecule has 6 nitrogen and oxygen atoms in total. The van der Waals surface area contributed by atoms with Crippen LogP contribution in [0.25, 0.3) is 0 Å². The highest BCUT2D eigenvalue weighted by molar-refractivity contribution is 7.12. The van der Waals surface area contributed by atoms with Gasteiger partial charge in [-0.15, -0.1) is 11.3 Å². The summed E-state index contributed by atoms with van der Waals surface area (Å²) in [5.74, 6) is 0.372. The quantitative estimate of drug-likeness (QED) is 0.718. The fraction of sp³-hybridized carbons (Fsp3) is 0.444. The van der Waals surface area contributed by atoms with E-state index in [0.29, 0.717) is 11.4 Å². The molecule has 0 radical (unpaired) electrons. The minimum atomic E-state index is -0.608. The molecule has 2 atom stereocenters. The van der Waals surface area contributed by atoms with E-state index in [2.05, 4.69) is 29.4 Å². The van der Waals surface area contributed by atoms with Gasteiger partial charge in [-0.1, -0.05) is 19.9 Å². The molecular weight excluding hydrogens is 338 g/mol. The first-order valence-electron chi connectivity index (χ1n) is 8.46. The number of likely N-dealkylation sites (N-methyl/N-ethyl adjacent to an activating group) is 1. The average Bonchev–Trinajstić information content (AvgIpc) is 3.31. The van der Waals surface area contributed by atoms with E-state index in [9.17, 15) is 9.59 Å². The van der Waals surface area contributed by atoms with Crippen molar-refractivity contribution in [3.8, 4) is 0 Å². The van der Waals surface area contributed by atoms with Crippen LogP contribution in [0.5, 0.6) is 0 Å². The Labute approximate surface area is 152 Å². The number of carbonyl (C=O) groups is 2. The first kappa shape index (κ1) is 19.2. The van der Waals surface area contributed by atoms with Crippen molar-refractivity contribution < 1.29 is 14.0 Å². The predicted molar refractivity (Wildman–Crippen MR) is 98.6 cm³/mol. The topological polar surface area (TPSA) is 74.6 Å². The molecule has 2 amide bonds. The normalized spacial score (nSPS) is 13.4. The molecule has 0 aliphatic heterocycles. The zero-order chi connectivity index (χ0) is 18.2. The third kappa shape index (κ3) is 5.17. The number of hydrogen-bond acceptors (Lipinski definition) is 5. The lowest BCUT2D eigenvalue weighted by Gasteiger charge is -2.28. The standard InChI is InChI=1S/C18H25N3O3S/c1-4-21(5-2)14(15-8-6-10-24-15)12-19-17(22)13(3)20-18(23)16-9-7-11-25-16/h6-11,13-14H,4-5,12H2,1-3H3,(H,19,22)(H,20,23)/t13-,14+/m0/s1. The maximum Gasteiger partial charge on any atom is 0.261 e. The SMILES string of the molecule is CCN(CC)[C@H](CNC(=O)[C@H](C)NC(=O)c1cccs1)c1ccco1. The molecule has 2 N–H and O–H groups in total. The second-order valence-electron chi connectivity index (χ2n) is 5.67. The van der Waals surface area contributed by atoms with Gasteiger partial charge in [0.15, 0.2) is 0 Å². The Bertz CT molecular complexity index is 651. The van der Waals surface area contributed by atoms with Gasteiger partial charge in [0.2, 0.25) is 5.91 Å². The molecule has 0 aliphatic carbocycles. The summed E-state index contributed by atoms with van der Waals surface area (Å²) < 4.78 is 5.53. The number of rotatable bonds is 9. The summed E-state index contributed by atoms with van der Waals surface area (Å²) in [6, 6.07) is 6.66. The van der Waals surface area contributed by atoms with Gasteiger partial charge >= 0.3 is 0 Å². The van der Waals surface area contributed by atoms with Crippen LogP contribution in [0.3, 0.4) is 0 Å². The summed E-state index contributed by atoms with van der Waals surface area (Å²) in [6.07, 6.45) is 1.64. The maximum atomic E-state index is 12.3. The Morgan fingerprint density at radius 3 is 2.56 bits per heavy atom. The lowest BCUT2D eigenvalue weighted by Crippen LogP contribution is -2.47. The molecular formula is C18H25N3O3S. The van der Waals surface area contributed by atoms with Gasteiger partial charge in [-0.2, -0.15) is 0 Å². The maximum absolute atomic E-state index is 12.3. The average molecular weight is 363 g/mol. The van der Waals surface area contributed by atoms with Crippen molar-refractivity contribution in [3.05, 3.63) is 46.5 Å². The highest BCUT2D eigenvalue weighted by Gasteiger charge is 2.23. The van der Waals surface area contributed by atoms with E-state index in [-0.39, 0.29) is 17.9 Å². The number of nitrogens with zero attached hydrogens (tertiary/aromatic N) is 1. The van der Waals surface area contributed by atoms with Crippen molar-refractivity contribution >= 4 is 23.2 Å². The van der Waals surface area contributed by atoms with Crippen molar-refractivity contribution in [2.24, 2.45) is 0 Å². The molecule has 0 aromatic carbocycles. The van der Waals surface area contributed by atoms with Crippen LogP contribution >= 0.6 is 11.3 Å². The summed E-state index contributed by atoms with van der Waals surface area (Å²) in [4.78, 5) is 27.2. The van der Waals surface area contributed by atoms with Crippen LogP contribution in [0.1, 0.15) is 42.2 Å². The van der Waals surface area contributed by atoms with E-state index in [4.69, 9.17) is 4.42 Å². The highest BCUT2D eigenvalue weighted by atomic mass is 32.1. The molecule has 2 rings (SSSR count). The molecule has 0 aliphatic rings. The molecule has 2 heterocycles. The number of carbonyl (C=O) groups excluding carboxylic acids is 2. The molecule has 7 heteroatoms. The van der Waals surface area contributed by atoms with Gasteiger partial charge in [0.25, 0.3) is 5.91 Å². The van der Waals surface area contributed by atoms with Gasteiger partial charge in [0, 0.05) is 6.54 Å². The van der Waals surface area contributed by atoms with Crippen LogP contribution in [0.2, 0.25) is 0 Å². The summed E-state index contributed by atoms with van der Waals surface area (Å²) in [6.45, 7) is 7.95. The zero-order valence-electron chi connectivity index (χ0n) is 14.8. The van der Waals surface area contributed by atoms with E-state index in [1.807, 2.05) is 23.6 Å². The number of nitrogens with one attached hydrogen (secondary N) is 2. The second-order valence-corrected chi connectivity index (χ2v) is 6.62. The molecule has 25 heavy (non-hydrogen) atoms. The minimum absolute atomic E-state index is 0.0332. The largest absolute Gasteiger partial charge is 0.468 e. The van der Waals surface area contributed by atoms with Gasteiger partial charge in [-0.3, -0.25) is 14.5 Å². The van der Waals surface area contributed by atoms with Crippen LogP contribution in [-0.4, -0.2) is 42.4 Å². The lowest BCUT2D eigenvalue weighted by atomic mass is 10.1. The molecule has 2 aromatic heterocycles. The Balaban J connectivity index is 1.92. The molecule has 0 fully saturated rings. The fourth-order valence-electron chi connectivity index (χ4n) is 2.65. The molecule has 136 valence electrons. The number of amides is 2. The van der Waals surface area contributed by atoms with Crippen molar-refractivity contribution in [2.45, 2.75) is 32.9 Å². The number of thiophene rings is 1. The molecule has 0 bridgehead atoms. The first-order valence-corrected chi connectivity index (χ1v) is 9.34. The van der Waals surface area contributed by atoms with Gasteiger partial charge in [-0.05, 0) is 43.6 Å². The van der Waals surface area contributed by atoms with E-state index >= 15 is 0 Å². The smallest absolute Gasteiger partial charge is 0.261 e. The zero-order valence-corrected chi connectivity index (χ0v) is 15.6. The van der Waals surface area contributed by atoms with Gasteiger partial charge in [0.05, 0.1) is 17.2 Å². The lowest BCUT2D eigenvalue weighted by molar-refractivity contribution is -0.122. The van der Waals surface area contributed by atoms with Crippen molar-refractivity contribution in [1.82, 2.24) is 15.5 Å². The molecule has 0 saturated heterocycles. The number of hydrogen-bond donors (Lipinski definition) is 2. The van der Waals surface area contributed by atoms with Crippen molar-refractivity contribution in [2.75, 3.05) is 19.6 Å². The molecule has 0 unspecified atom stereocenters. The fourth-order valence-corrected chi connectivity index (χ4v) is 3.27. The first-order chi connectivity index (χ1) is 12.1. The second kappa shape index (κ2) is 9.39. The van der Waals surface area contributed by atoms with Gasteiger partial charge in [-0.25, -0.2) is 0 Å². The third-order valence-corrected chi connectivity index (χ3v) is 4.95. The van der Waals surface area contributed by atoms with E-state index in [0.717, 1.165) is 18.8 Å². The Kier molecular flexibility index (Phi) is 7.21. The van der Waals surface area contributed by atoms with Gasteiger partial charge < -0.3 is 15.1 Å². The van der Waals surface area contributed by atoms with Gasteiger partial charge in [0.1, 0.15) is 11.8 Å². The van der Waals surface area contributed by atoms with E-state index in [1.165, 1.54) is 11.3 Å². The number of furan rings is 1. The van der Waals surface area contributed by atoms with Crippen molar-refractivity contribution in [3.63, 3.8) is 0 Å². The van der Waals surface area contributed by atoms with Crippen LogP contribution in [0.15, 0.2) is 40.3 Å². The Morgan fingerprint density at radius 1 is 1.24 bits per heavy atom. The van der Waals surface area contributed by atoms with E-state index in [1.54, 1.807) is 19.3 Å². The summed E-state index contributed by atoms with van der Waals surface area (Å²) >= 11 is 1.35. The third-order valence-electron chi connectivity index (χ3n) is 4.08. The monoisotopic (exact) mass is 363 g/mol. The summed E-state index contributed by atoms with van der Waals surface area (Å²) in [5, 5.41) is 7.47. The van der Waals surface area contributed by atoms with Crippen LogP contribution in [0, 0.1) is 0 Å². The Morgan fingerprint density at radius 2 is 2.00 bits per heavy atom. The van der Waals surface area contributed by atoms with Crippen LogP contribution in [-0.2, 0) is 4.79 Å². The van der Waals surface area contributed by atoms with E-state index < -0.39 is 6.04 Å². The highest BCUT2D eigenvalue weighted by Crippen LogP contribution is 2.20. The van der Waals surface area contributed by atoms with Crippen molar-refractivity contribution in [1.29, 1.82) is 0 Å². The Hall–Kier alpha value is -2.12. The summed E-state index contributed by atoms with van der Waals surface area (Å²) in [5.41, 5.74) is 0. The predicted octanol–water partition coefficient (Wildman–Crippen LogP) is 2.66. The molecule has 0 spiro atoms. The van der Waals surface area contributed by atoms with Crippen LogP contribution < -0.4 is 10.6 Å². The molecule has 2 aromatic rings. The minimum Gasteiger partial charge on any atom is -0.468 e. The van der Waals surface area contributed by atoms with Crippen LogP contribution in [0.4, 0.5) is 0 Å². The summed E-state index contributed by atoms with van der Waals surface area (Å²) in [7, 11) is 0. The molecule has 0 saturated carbocycles.